The molecule has 8 heteroatoms. The van der Waals surface area contributed by atoms with Crippen LogP contribution in [0.4, 0.5) is 26.4 Å². The minimum atomic E-state index is -0.915. The van der Waals surface area contributed by atoms with Crippen molar-refractivity contribution >= 4 is 28.5 Å². The summed E-state index contributed by atoms with van der Waals surface area (Å²) in [4.78, 5) is 16.9. The van der Waals surface area contributed by atoms with Gasteiger partial charge >= 0.3 is 0 Å². The van der Waals surface area contributed by atoms with Crippen molar-refractivity contribution in [3.8, 4) is 11.1 Å². The van der Waals surface area contributed by atoms with Crippen molar-refractivity contribution in [2.75, 3.05) is 42.2 Å². The highest BCUT2D eigenvalue weighted by Crippen LogP contribution is 2.37. The summed E-state index contributed by atoms with van der Waals surface area (Å²) in [6.07, 6.45) is 6.11. The predicted octanol–water partition coefficient (Wildman–Crippen LogP) is 5.15. The van der Waals surface area contributed by atoms with Gasteiger partial charge in [-0.15, -0.1) is 0 Å². The maximum atomic E-state index is 14.0. The number of nitrogens with two attached hydrogens (primary N) is 1. The van der Waals surface area contributed by atoms with E-state index in [-0.39, 0.29) is 5.82 Å². The SMILES string of the molecule is CN(CCc1c[nH]c2ccccc12)c1nc(N)c(-c2ccc(F)c(F)c2)c(N2CCCCC2)n1. The topological polar surface area (TPSA) is 74.1 Å². The van der Waals surface area contributed by atoms with E-state index in [0.717, 1.165) is 56.4 Å². The van der Waals surface area contributed by atoms with Crippen molar-refractivity contribution in [3.63, 3.8) is 0 Å². The number of benzene rings is 2. The number of nitrogens with one attached hydrogen (secondary N) is 1. The van der Waals surface area contributed by atoms with Crippen LogP contribution in [0.25, 0.3) is 22.0 Å². The van der Waals surface area contributed by atoms with Crippen LogP contribution < -0.4 is 15.5 Å². The van der Waals surface area contributed by atoms with Gasteiger partial charge in [0.15, 0.2) is 11.6 Å². The van der Waals surface area contributed by atoms with Crippen LogP contribution in [0.3, 0.4) is 0 Å². The first-order chi connectivity index (χ1) is 16.5. The molecule has 3 heterocycles. The minimum absolute atomic E-state index is 0.260. The fraction of sp³-hybridized carbons (Fsp3) is 0.308. The fourth-order valence-electron chi connectivity index (χ4n) is 4.61. The molecule has 4 aromatic rings. The number of rotatable bonds is 6. The van der Waals surface area contributed by atoms with Crippen LogP contribution in [-0.4, -0.2) is 41.6 Å². The molecular weight excluding hydrogens is 434 g/mol. The van der Waals surface area contributed by atoms with Gasteiger partial charge in [-0.3, -0.25) is 0 Å². The van der Waals surface area contributed by atoms with Crippen molar-refractivity contribution in [1.29, 1.82) is 0 Å². The zero-order chi connectivity index (χ0) is 23.7. The van der Waals surface area contributed by atoms with Gasteiger partial charge in [-0.1, -0.05) is 24.3 Å². The number of para-hydroxylation sites is 1. The molecule has 1 saturated heterocycles. The highest BCUT2D eigenvalue weighted by Gasteiger charge is 2.23. The number of anilines is 3. The summed E-state index contributed by atoms with van der Waals surface area (Å²) in [5.74, 6) is -0.357. The molecule has 34 heavy (non-hydrogen) atoms. The molecule has 0 spiro atoms. The average molecular weight is 463 g/mol. The van der Waals surface area contributed by atoms with Crippen molar-refractivity contribution in [3.05, 3.63) is 65.9 Å². The van der Waals surface area contributed by atoms with Crippen LogP contribution in [0.1, 0.15) is 24.8 Å². The number of hydrogen-bond donors (Lipinski definition) is 2. The Balaban J connectivity index is 1.47. The Hall–Kier alpha value is -3.68. The van der Waals surface area contributed by atoms with Crippen LogP contribution in [0.15, 0.2) is 48.7 Å². The number of hydrogen-bond acceptors (Lipinski definition) is 5. The molecule has 0 amide bonds. The number of halogens is 2. The van der Waals surface area contributed by atoms with Crippen molar-refractivity contribution < 1.29 is 8.78 Å². The van der Waals surface area contributed by atoms with Crippen LogP contribution in [0.5, 0.6) is 0 Å². The maximum absolute atomic E-state index is 14.0. The molecule has 5 rings (SSSR count). The molecule has 1 fully saturated rings. The Morgan fingerprint density at radius 3 is 2.62 bits per heavy atom. The van der Waals surface area contributed by atoms with Crippen molar-refractivity contribution in [1.82, 2.24) is 15.0 Å². The quantitative estimate of drug-likeness (QED) is 0.414. The second kappa shape index (κ2) is 9.29. The fourth-order valence-corrected chi connectivity index (χ4v) is 4.61. The third kappa shape index (κ3) is 4.27. The van der Waals surface area contributed by atoms with Gasteiger partial charge < -0.3 is 20.5 Å². The first-order valence-electron chi connectivity index (χ1n) is 11.7. The third-order valence-electron chi connectivity index (χ3n) is 6.50. The molecule has 0 bridgehead atoms. The highest BCUT2D eigenvalue weighted by atomic mass is 19.2. The standard InChI is InChI=1S/C26H28F2N6/c1-33(14-11-18-16-30-22-8-4-3-7-19(18)22)26-31-24(29)23(17-9-10-20(27)21(28)15-17)25(32-26)34-12-5-2-6-13-34/h3-4,7-10,15-16,30H,2,5-6,11-14H2,1H3,(H2,29,31,32). The van der Waals surface area contributed by atoms with Gasteiger partial charge in [-0.2, -0.15) is 9.97 Å². The number of nitrogens with zero attached hydrogens (tertiary/aromatic N) is 4. The summed E-state index contributed by atoms with van der Waals surface area (Å²) in [5, 5.41) is 1.21. The molecule has 0 saturated carbocycles. The highest BCUT2D eigenvalue weighted by molar-refractivity contribution is 5.85. The van der Waals surface area contributed by atoms with Gasteiger partial charge in [0.1, 0.15) is 11.6 Å². The number of aromatic nitrogens is 3. The smallest absolute Gasteiger partial charge is 0.229 e. The second-order valence-corrected chi connectivity index (χ2v) is 8.82. The Morgan fingerprint density at radius 1 is 1.03 bits per heavy atom. The van der Waals surface area contributed by atoms with Crippen molar-refractivity contribution in [2.24, 2.45) is 0 Å². The summed E-state index contributed by atoms with van der Waals surface area (Å²) >= 11 is 0. The number of piperidine rings is 1. The predicted molar refractivity (Wildman–Crippen MR) is 133 cm³/mol. The third-order valence-corrected chi connectivity index (χ3v) is 6.50. The maximum Gasteiger partial charge on any atom is 0.229 e. The molecule has 0 unspecified atom stereocenters. The Bertz CT molecular complexity index is 1310. The number of nitrogen functional groups attached to an aromatic ring is 1. The monoisotopic (exact) mass is 462 g/mol. The number of fused-ring (bicyclic) bond motifs is 1. The van der Waals surface area contributed by atoms with Crippen LogP contribution >= 0.6 is 0 Å². The Morgan fingerprint density at radius 2 is 1.82 bits per heavy atom. The van der Waals surface area contributed by atoms with E-state index in [1.165, 1.54) is 17.0 Å². The lowest BCUT2D eigenvalue weighted by atomic mass is 10.0. The molecule has 2 aromatic carbocycles. The van der Waals surface area contributed by atoms with E-state index in [9.17, 15) is 8.78 Å². The minimum Gasteiger partial charge on any atom is -0.383 e. The molecule has 2 aromatic heterocycles. The summed E-state index contributed by atoms with van der Waals surface area (Å²) < 4.78 is 27.6. The van der Waals surface area contributed by atoms with Crippen molar-refractivity contribution in [2.45, 2.75) is 25.7 Å². The van der Waals surface area contributed by atoms with E-state index < -0.39 is 11.6 Å². The summed E-state index contributed by atoms with van der Waals surface area (Å²) in [6, 6.07) is 12.0. The first-order valence-corrected chi connectivity index (χ1v) is 11.7. The normalized spacial score (nSPS) is 14.0. The van der Waals surface area contributed by atoms with E-state index >= 15 is 0 Å². The average Bonchev–Trinajstić information content (AvgIpc) is 3.27. The molecule has 0 atom stereocenters. The largest absolute Gasteiger partial charge is 0.383 e. The van der Waals surface area contributed by atoms with Gasteiger partial charge in [-0.25, -0.2) is 8.78 Å². The molecular formula is C26H28F2N6. The van der Waals surface area contributed by atoms with E-state index in [0.29, 0.717) is 29.4 Å². The van der Waals surface area contributed by atoms with Crippen LogP contribution in [0, 0.1) is 11.6 Å². The summed E-state index contributed by atoms with van der Waals surface area (Å²) in [7, 11) is 1.95. The van der Waals surface area contributed by atoms with Gasteiger partial charge in [0.2, 0.25) is 5.95 Å². The molecule has 1 aliphatic heterocycles. The van der Waals surface area contributed by atoms with E-state index in [2.05, 4.69) is 27.0 Å². The summed E-state index contributed by atoms with van der Waals surface area (Å²) in [5.41, 5.74) is 9.80. The zero-order valence-electron chi connectivity index (χ0n) is 19.2. The van der Waals surface area contributed by atoms with E-state index in [1.807, 2.05) is 30.3 Å². The van der Waals surface area contributed by atoms with Crippen LogP contribution in [-0.2, 0) is 6.42 Å². The number of aromatic amines is 1. The number of H-pyrrole nitrogens is 1. The zero-order valence-corrected chi connectivity index (χ0v) is 19.2. The lowest BCUT2D eigenvalue weighted by Crippen LogP contribution is -2.32. The molecule has 176 valence electrons. The second-order valence-electron chi connectivity index (χ2n) is 8.82. The van der Waals surface area contributed by atoms with Gasteiger partial charge in [-0.05, 0) is 55.0 Å². The molecule has 0 aliphatic carbocycles. The van der Waals surface area contributed by atoms with Crippen LogP contribution in [0.2, 0.25) is 0 Å². The first kappa shape index (κ1) is 22.1. The van der Waals surface area contributed by atoms with Gasteiger partial charge in [0.05, 0.1) is 5.56 Å². The lowest BCUT2D eigenvalue weighted by Gasteiger charge is -2.31. The number of likely N-dealkylation sites (N-methyl/N-ethyl adjacent to an activating group) is 1. The molecule has 1 aliphatic rings. The molecule has 3 N–H and O–H groups in total. The van der Waals surface area contributed by atoms with Gasteiger partial charge in [0.25, 0.3) is 0 Å². The Labute approximate surface area is 197 Å². The van der Waals surface area contributed by atoms with E-state index in [4.69, 9.17) is 10.7 Å². The summed E-state index contributed by atoms with van der Waals surface area (Å²) in [6.45, 7) is 2.38. The van der Waals surface area contributed by atoms with Gasteiger partial charge in [0, 0.05) is 43.8 Å². The molecule has 0 radical (unpaired) electrons. The molecule has 6 nitrogen and oxygen atoms in total. The Kier molecular flexibility index (Phi) is 6.04. The lowest BCUT2D eigenvalue weighted by molar-refractivity contribution is 0.509. The van der Waals surface area contributed by atoms with E-state index in [1.54, 1.807) is 0 Å².